The van der Waals surface area contributed by atoms with Gasteiger partial charge in [-0.15, -0.1) is 0 Å². The number of ether oxygens (including phenoxy) is 1. The normalized spacial score (nSPS) is 53.1. The molecule has 4 aliphatic rings. The molecule has 4 rings (SSSR count). The Kier molecular flexibility index (Phi) is 1.66. The number of hydrogen-bond acceptors (Lipinski definition) is 2. The molecule has 0 aliphatic heterocycles. The molecule has 5 unspecified atom stereocenters. The first kappa shape index (κ1) is 10.2. The maximum absolute atomic E-state index is 11.8. The maximum Gasteiger partial charge on any atom is 0.333 e. The average Bonchev–Trinajstić information content (AvgIpc) is 2.54. The van der Waals surface area contributed by atoms with Gasteiger partial charge in [-0.1, -0.05) is 6.58 Å². The highest BCUT2D eigenvalue weighted by Crippen LogP contribution is 2.77. The van der Waals surface area contributed by atoms with Gasteiger partial charge in [-0.25, -0.2) is 4.79 Å². The van der Waals surface area contributed by atoms with E-state index in [4.69, 9.17) is 4.74 Å². The van der Waals surface area contributed by atoms with Crippen LogP contribution in [0.25, 0.3) is 0 Å². The second kappa shape index (κ2) is 2.78. The van der Waals surface area contributed by atoms with Gasteiger partial charge in [0.1, 0.15) is 5.60 Å². The van der Waals surface area contributed by atoms with Crippen molar-refractivity contribution in [1.29, 1.82) is 0 Å². The molecule has 2 heteroatoms. The Morgan fingerprint density at radius 1 is 1.24 bits per heavy atom. The highest BCUT2D eigenvalue weighted by Gasteiger charge is 2.72. The number of hydrogen-bond donors (Lipinski definition) is 0. The summed E-state index contributed by atoms with van der Waals surface area (Å²) in [6.07, 6.45) is 7.66. The van der Waals surface area contributed by atoms with Crippen LogP contribution in [0.3, 0.4) is 0 Å². The lowest BCUT2D eigenvalue weighted by Gasteiger charge is -2.49. The van der Waals surface area contributed by atoms with Crippen molar-refractivity contribution >= 4 is 5.97 Å². The molecule has 0 aromatic carbocycles. The summed E-state index contributed by atoms with van der Waals surface area (Å²) in [5.74, 6) is 2.49. The molecule has 3 bridgehead atoms. The Labute approximate surface area is 102 Å². The van der Waals surface area contributed by atoms with Crippen LogP contribution >= 0.6 is 0 Å². The number of carbonyl (C=O) groups is 1. The van der Waals surface area contributed by atoms with E-state index in [-0.39, 0.29) is 11.6 Å². The van der Waals surface area contributed by atoms with Crippen molar-refractivity contribution in [3.05, 3.63) is 12.2 Å². The summed E-state index contributed by atoms with van der Waals surface area (Å²) in [5, 5.41) is 0. The molecular weight excluding hydrogens is 212 g/mol. The van der Waals surface area contributed by atoms with Gasteiger partial charge in [0.2, 0.25) is 0 Å². The standard InChI is InChI=1S/C15H20O2/c1-9(2)13(16)17-14-5-10-3-11-4-12(7-14)15(11,6-10)8-14/h10-12H,1,3-8H2,2H3. The van der Waals surface area contributed by atoms with E-state index in [0.29, 0.717) is 11.0 Å². The summed E-state index contributed by atoms with van der Waals surface area (Å²) < 4.78 is 5.87. The summed E-state index contributed by atoms with van der Waals surface area (Å²) in [6, 6.07) is 0. The SMILES string of the molecule is C=C(C)C(=O)OC12CC3CC4CC(C1)C4(C3)C2. The Hall–Kier alpha value is -0.790. The molecule has 0 aromatic heterocycles. The fourth-order valence-corrected chi connectivity index (χ4v) is 5.68. The predicted octanol–water partition coefficient (Wildman–Crippen LogP) is 3.07. The van der Waals surface area contributed by atoms with Crippen molar-refractivity contribution in [3.8, 4) is 0 Å². The van der Waals surface area contributed by atoms with Crippen LogP contribution in [0, 0.1) is 23.2 Å². The lowest BCUT2D eigenvalue weighted by atomic mass is 9.56. The van der Waals surface area contributed by atoms with Gasteiger partial charge < -0.3 is 4.74 Å². The molecule has 17 heavy (non-hydrogen) atoms. The first-order chi connectivity index (χ1) is 8.03. The van der Waals surface area contributed by atoms with E-state index in [2.05, 4.69) is 6.58 Å². The van der Waals surface area contributed by atoms with E-state index in [1.807, 2.05) is 0 Å². The van der Waals surface area contributed by atoms with Crippen molar-refractivity contribution in [2.45, 2.75) is 51.0 Å². The molecule has 0 radical (unpaired) electrons. The third-order valence-electron chi connectivity index (χ3n) is 6.07. The molecule has 2 nitrogen and oxygen atoms in total. The van der Waals surface area contributed by atoms with E-state index in [0.717, 1.165) is 37.0 Å². The van der Waals surface area contributed by atoms with E-state index in [9.17, 15) is 4.79 Å². The molecule has 0 amide bonds. The van der Waals surface area contributed by atoms with Gasteiger partial charge in [0.25, 0.3) is 0 Å². The predicted molar refractivity (Wildman–Crippen MR) is 64.2 cm³/mol. The zero-order valence-electron chi connectivity index (χ0n) is 10.5. The van der Waals surface area contributed by atoms with Crippen LogP contribution in [0.1, 0.15) is 45.4 Å². The van der Waals surface area contributed by atoms with Crippen LogP contribution in [0.15, 0.2) is 12.2 Å². The first-order valence-electron chi connectivity index (χ1n) is 6.92. The van der Waals surface area contributed by atoms with Gasteiger partial charge >= 0.3 is 5.97 Å². The fourth-order valence-electron chi connectivity index (χ4n) is 5.68. The monoisotopic (exact) mass is 232 g/mol. The van der Waals surface area contributed by atoms with Crippen LogP contribution in [0.2, 0.25) is 0 Å². The molecule has 4 aliphatic carbocycles. The van der Waals surface area contributed by atoms with E-state index in [1.54, 1.807) is 6.92 Å². The Balaban J connectivity index is 1.64. The second-order valence-corrected chi connectivity index (χ2v) is 7.11. The lowest BCUT2D eigenvalue weighted by molar-refractivity contribution is -0.158. The largest absolute Gasteiger partial charge is 0.456 e. The van der Waals surface area contributed by atoms with Crippen molar-refractivity contribution in [2.24, 2.45) is 23.2 Å². The fraction of sp³-hybridized carbons (Fsp3) is 0.800. The summed E-state index contributed by atoms with van der Waals surface area (Å²) in [6.45, 7) is 5.46. The van der Waals surface area contributed by atoms with Crippen LogP contribution in [-0.2, 0) is 9.53 Å². The number of fused-ring (bicyclic) bond motifs is 2. The topological polar surface area (TPSA) is 26.3 Å². The summed E-state index contributed by atoms with van der Waals surface area (Å²) >= 11 is 0. The van der Waals surface area contributed by atoms with Crippen molar-refractivity contribution in [2.75, 3.05) is 0 Å². The Morgan fingerprint density at radius 2 is 2.06 bits per heavy atom. The maximum atomic E-state index is 11.8. The quantitative estimate of drug-likeness (QED) is 0.540. The minimum atomic E-state index is -0.166. The Morgan fingerprint density at radius 3 is 2.82 bits per heavy atom. The van der Waals surface area contributed by atoms with Gasteiger partial charge in [0, 0.05) is 5.57 Å². The summed E-state index contributed by atoms with van der Waals surface area (Å²) in [4.78, 5) is 11.8. The van der Waals surface area contributed by atoms with Gasteiger partial charge in [-0.05, 0) is 68.6 Å². The van der Waals surface area contributed by atoms with Crippen LogP contribution < -0.4 is 0 Å². The second-order valence-electron chi connectivity index (χ2n) is 7.11. The molecule has 0 heterocycles. The summed E-state index contributed by atoms with van der Waals surface area (Å²) in [7, 11) is 0. The number of carbonyl (C=O) groups excluding carboxylic acids is 1. The molecule has 5 atom stereocenters. The van der Waals surface area contributed by atoms with E-state index in [1.165, 1.54) is 19.3 Å². The molecule has 92 valence electrons. The zero-order chi connectivity index (χ0) is 11.8. The minimum Gasteiger partial charge on any atom is -0.456 e. The van der Waals surface area contributed by atoms with Crippen molar-refractivity contribution in [3.63, 3.8) is 0 Å². The van der Waals surface area contributed by atoms with Gasteiger partial charge in [0.05, 0.1) is 0 Å². The van der Waals surface area contributed by atoms with E-state index < -0.39 is 0 Å². The summed E-state index contributed by atoms with van der Waals surface area (Å²) in [5.41, 5.74) is 1.04. The molecule has 0 N–H and O–H groups in total. The minimum absolute atomic E-state index is 0.102. The lowest BCUT2D eigenvalue weighted by Crippen LogP contribution is -2.43. The number of esters is 1. The molecule has 1 spiro atoms. The van der Waals surface area contributed by atoms with Crippen LogP contribution in [0.4, 0.5) is 0 Å². The molecular formula is C15H20O2. The Bertz CT molecular complexity index is 423. The molecule has 4 saturated carbocycles. The average molecular weight is 232 g/mol. The van der Waals surface area contributed by atoms with Crippen LogP contribution in [0.5, 0.6) is 0 Å². The highest BCUT2D eigenvalue weighted by atomic mass is 16.6. The highest BCUT2D eigenvalue weighted by molar-refractivity contribution is 5.87. The molecule has 4 fully saturated rings. The van der Waals surface area contributed by atoms with Gasteiger partial charge in [-0.3, -0.25) is 0 Å². The third kappa shape index (κ3) is 1.10. The van der Waals surface area contributed by atoms with Gasteiger partial charge in [0.15, 0.2) is 0 Å². The van der Waals surface area contributed by atoms with Crippen LogP contribution in [-0.4, -0.2) is 11.6 Å². The first-order valence-corrected chi connectivity index (χ1v) is 6.92. The molecule has 0 saturated heterocycles. The van der Waals surface area contributed by atoms with Crippen molar-refractivity contribution in [1.82, 2.24) is 0 Å². The smallest absolute Gasteiger partial charge is 0.333 e. The van der Waals surface area contributed by atoms with Gasteiger partial charge in [-0.2, -0.15) is 0 Å². The third-order valence-corrected chi connectivity index (χ3v) is 6.07. The number of rotatable bonds is 2. The zero-order valence-corrected chi connectivity index (χ0v) is 10.5. The van der Waals surface area contributed by atoms with Crippen molar-refractivity contribution < 1.29 is 9.53 Å². The molecule has 0 aromatic rings. The van der Waals surface area contributed by atoms with E-state index >= 15 is 0 Å².